The van der Waals surface area contributed by atoms with Gasteiger partial charge in [0.05, 0.1) is 0 Å². The first-order valence-electron chi connectivity index (χ1n) is 5.71. The van der Waals surface area contributed by atoms with E-state index < -0.39 is 0 Å². The summed E-state index contributed by atoms with van der Waals surface area (Å²) in [5, 5.41) is 0. The van der Waals surface area contributed by atoms with Crippen molar-refractivity contribution in [3.05, 3.63) is 19.1 Å². The molecule has 1 atom stereocenters. The quantitative estimate of drug-likeness (QED) is 0.374. The Labute approximate surface area is 84.4 Å². The highest BCUT2D eigenvalue weighted by molar-refractivity contribution is 4.76. The summed E-state index contributed by atoms with van der Waals surface area (Å²) < 4.78 is 0. The van der Waals surface area contributed by atoms with Crippen LogP contribution in [-0.4, -0.2) is 0 Å². The van der Waals surface area contributed by atoms with E-state index in [4.69, 9.17) is 0 Å². The molecule has 0 bridgehead atoms. The van der Waals surface area contributed by atoms with E-state index in [1.165, 1.54) is 38.5 Å². The lowest BCUT2D eigenvalue weighted by atomic mass is 9.97. The fraction of sp³-hybridized carbons (Fsp3) is 0.769. The van der Waals surface area contributed by atoms with Crippen LogP contribution < -0.4 is 0 Å². The van der Waals surface area contributed by atoms with E-state index in [0.717, 1.165) is 12.3 Å². The van der Waals surface area contributed by atoms with Crippen molar-refractivity contribution in [1.29, 1.82) is 0 Å². The zero-order chi connectivity index (χ0) is 9.94. The van der Waals surface area contributed by atoms with Crippen molar-refractivity contribution in [2.45, 2.75) is 58.8 Å². The topological polar surface area (TPSA) is 0 Å². The zero-order valence-electron chi connectivity index (χ0n) is 9.39. The molecule has 0 saturated heterocycles. The third kappa shape index (κ3) is 9.66. The van der Waals surface area contributed by atoms with Crippen molar-refractivity contribution >= 4 is 0 Å². The molecule has 0 aromatic rings. The molecule has 0 saturated carbocycles. The summed E-state index contributed by atoms with van der Waals surface area (Å²) in [6.07, 6.45) is 13.6. The molecule has 0 heterocycles. The summed E-state index contributed by atoms with van der Waals surface area (Å²) >= 11 is 0. The maximum atomic E-state index is 3.87. The molecule has 0 fully saturated rings. The van der Waals surface area contributed by atoms with E-state index >= 15 is 0 Å². The van der Waals surface area contributed by atoms with Crippen LogP contribution >= 0.6 is 0 Å². The first-order chi connectivity index (χ1) is 6.31. The molecule has 0 aliphatic carbocycles. The highest BCUT2D eigenvalue weighted by Gasteiger charge is 1.99. The Kier molecular flexibility index (Phi) is 9.63. The van der Waals surface area contributed by atoms with E-state index in [1.807, 2.05) is 0 Å². The number of unbranched alkanes of at least 4 members (excludes halogenated alkanes) is 3. The molecule has 0 aliphatic rings. The molecule has 0 nitrogen and oxygen atoms in total. The van der Waals surface area contributed by atoms with Gasteiger partial charge in [0.15, 0.2) is 0 Å². The van der Waals surface area contributed by atoms with E-state index in [2.05, 4.69) is 32.9 Å². The Morgan fingerprint density at radius 1 is 1.15 bits per heavy atom. The lowest BCUT2D eigenvalue weighted by Gasteiger charge is -2.09. The highest BCUT2D eigenvalue weighted by Crippen LogP contribution is 2.15. The Morgan fingerprint density at radius 2 is 1.85 bits per heavy atom. The van der Waals surface area contributed by atoms with Crippen molar-refractivity contribution in [1.82, 2.24) is 0 Å². The van der Waals surface area contributed by atoms with Gasteiger partial charge in [0.2, 0.25) is 0 Å². The summed E-state index contributed by atoms with van der Waals surface area (Å²) in [4.78, 5) is 0. The van der Waals surface area contributed by atoms with Gasteiger partial charge >= 0.3 is 0 Å². The summed E-state index contributed by atoms with van der Waals surface area (Å²) in [6.45, 7) is 8.33. The largest absolute Gasteiger partial charge is 0.0917 e. The lowest BCUT2D eigenvalue weighted by Crippen LogP contribution is -1.94. The van der Waals surface area contributed by atoms with Crippen LogP contribution in [0.25, 0.3) is 0 Å². The first-order valence-corrected chi connectivity index (χ1v) is 5.71. The molecule has 77 valence electrons. The molecule has 0 spiro atoms. The van der Waals surface area contributed by atoms with Crippen LogP contribution in [0.2, 0.25) is 0 Å². The van der Waals surface area contributed by atoms with Gasteiger partial charge in [-0.05, 0) is 25.7 Å². The average Bonchev–Trinajstić information content (AvgIpc) is 2.14. The predicted molar refractivity (Wildman–Crippen MR) is 61.7 cm³/mol. The zero-order valence-corrected chi connectivity index (χ0v) is 9.39. The van der Waals surface area contributed by atoms with Gasteiger partial charge in [-0.2, -0.15) is 0 Å². The SMILES string of the molecule is [CH2]CCCC(C)CCCCC=CC. The fourth-order valence-corrected chi connectivity index (χ4v) is 1.56. The molecule has 0 aromatic heterocycles. The van der Waals surface area contributed by atoms with Gasteiger partial charge in [-0.15, -0.1) is 0 Å². The number of hydrogen-bond donors (Lipinski definition) is 0. The molecule has 0 heteroatoms. The molecule has 1 unspecified atom stereocenters. The predicted octanol–water partition coefficient (Wildman–Crippen LogP) is 4.76. The van der Waals surface area contributed by atoms with Gasteiger partial charge in [-0.1, -0.05) is 58.1 Å². The molecular weight excluding hydrogens is 156 g/mol. The molecule has 0 aromatic carbocycles. The van der Waals surface area contributed by atoms with E-state index in [0.29, 0.717) is 0 Å². The van der Waals surface area contributed by atoms with Crippen molar-refractivity contribution in [3.8, 4) is 0 Å². The second-order valence-corrected chi connectivity index (χ2v) is 3.95. The van der Waals surface area contributed by atoms with Crippen molar-refractivity contribution in [3.63, 3.8) is 0 Å². The van der Waals surface area contributed by atoms with Crippen LogP contribution in [0, 0.1) is 12.8 Å². The standard InChI is InChI=1S/C13H25/c1-4-6-8-9-10-12-13(3)11-7-5-2/h4,6,13H,2,5,7-12H2,1,3H3. The first kappa shape index (κ1) is 12.7. The maximum Gasteiger partial charge on any atom is -0.0351 e. The molecule has 0 N–H and O–H groups in total. The highest BCUT2D eigenvalue weighted by atomic mass is 14.1. The van der Waals surface area contributed by atoms with Crippen molar-refractivity contribution in [2.75, 3.05) is 0 Å². The van der Waals surface area contributed by atoms with Crippen LogP contribution in [0.15, 0.2) is 12.2 Å². The van der Waals surface area contributed by atoms with Gasteiger partial charge in [0.1, 0.15) is 0 Å². The molecule has 13 heavy (non-hydrogen) atoms. The Bertz CT molecular complexity index is 113. The van der Waals surface area contributed by atoms with Gasteiger partial charge in [0.25, 0.3) is 0 Å². The summed E-state index contributed by atoms with van der Waals surface area (Å²) in [7, 11) is 0. The summed E-state index contributed by atoms with van der Waals surface area (Å²) in [5.74, 6) is 0.910. The molecule has 1 radical (unpaired) electrons. The molecule has 0 rings (SSSR count). The van der Waals surface area contributed by atoms with Crippen molar-refractivity contribution in [2.24, 2.45) is 5.92 Å². The van der Waals surface area contributed by atoms with E-state index in [9.17, 15) is 0 Å². The van der Waals surface area contributed by atoms with Gasteiger partial charge < -0.3 is 0 Å². The lowest BCUT2D eigenvalue weighted by molar-refractivity contribution is 0.454. The summed E-state index contributed by atoms with van der Waals surface area (Å²) in [5.41, 5.74) is 0. The minimum atomic E-state index is 0.910. The van der Waals surface area contributed by atoms with Crippen molar-refractivity contribution < 1.29 is 0 Å². The Hall–Kier alpha value is -0.260. The Morgan fingerprint density at radius 3 is 2.46 bits per heavy atom. The molecule has 0 aliphatic heterocycles. The smallest absolute Gasteiger partial charge is 0.0351 e. The number of rotatable bonds is 8. The second-order valence-electron chi connectivity index (χ2n) is 3.95. The maximum absolute atomic E-state index is 3.87. The molecular formula is C13H25. The molecule has 0 amide bonds. The number of allylic oxidation sites excluding steroid dienone is 2. The third-order valence-corrected chi connectivity index (χ3v) is 2.50. The van der Waals surface area contributed by atoms with E-state index in [-0.39, 0.29) is 0 Å². The minimum absolute atomic E-state index is 0.910. The average molecular weight is 181 g/mol. The minimum Gasteiger partial charge on any atom is -0.0917 e. The van der Waals surface area contributed by atoms with Crippen LogP contribution in [-0.2, 0) is 0 Å². The van der Waals surface area contributed by atoms with Crippen LogP contribution in [0.3, 0.4) is 0 Å². The summed E-state index contributed by atoms with van der Waals surface area (Å²) in [6, 6.07) is 0. The van der Waals surface area contributed by atoms with E-state index in [1.54, 1.807) is 0 Å². The van der Waals surface area contributed by atoms with Gasteiger partial charge in [-0.25, -0.2) is 0 Å². The third-order valence-electron chi connectivity index (χ3n) is 2.50. The fourth-order valence-electron chi connectivity index (χ4n) is 1.56. The van der Waals surface area contributed by atoms with Gasteiger partial charge in [-0.3, -0.25) is 0 Å². The number of hydrogen-bond acceptors (Lipinski definition) is 0. The van der Waals surface area contributed by atoms with Crippen LogP contribution in [0.4, 0.5) is 0 Å². The van der Waals surface area contributed by atoms with Crippen LogP contribution in [0.5, 0.6) is 0 Å². The Balaban J connectivity index is 3.11. The monoisotopic (exact) mass is 181 g/mol. The second kappa shape index (κ2) is 9.83. The van der Waals surface area contributed by atoms with Gasteiger partial charge in [0, 0.05) is 0 Å². The normalized spacial score (nSPS) is 13.8. The van der Waals surface area contributed by atoms with Crippen LogP contribution in [0.1, 0.15) is 58.8 Å².